The average molecular weight is 262 g/mol. The third-order valence-electron chi connectivity index (χ3n) is 2.21. The van der Waals surface area contributed by atoms with Gasteiger partial charge in [-0.05, 0) is 12.6 Å². The first-order valence-corrected chi connectivity index (χ1v) is 5.34. The Morgan fingerprint density at radius 1 is 1.28 bits per heavy atom. The molecule has 0 unspecified atom stereocenters. The van der Waals surface area contributed by atoms with Gasteiger partial charge in [-0.2, -0.15) is 4.39 Å². The van der Waals surface area contributed by atoms with Crippen molar-refractivity contribution in [1.82, 2.24) is 10.6 Å². The summed E-state index contributed by atoms with van der Waals surface area (Å²) in [6.07, 6.45) is 0. The van der Waals surface area contributed by atoms with Gasteiger partial charge in [0.1, 0.15) is 0 Å². The molecule has 0 saturated carbocycles. The second kappa shape index (κ2) is 6.25. The number of aromatic hydroxyl groups is 1. The zero-order chi connectivity index (χ0) is 13.7. The Kier molecular flexibility index (Phi) is 4.96. The predicted molar refractivity (Wildman–Crippen MR) is 58.9 cm³/mol. The number of halogens is 3. The van der Waals surface area contributed by atoms with E-state index >= 15 is 0 Å². The van der Waals surface area contributed by atoms with Gasteiger partial charge in [0.25, 0.3) is 5.91 Å². The van der Waals surface area contributed by atoms with Crippen LogP contribution in [0.4, 0.5) is 13.2 Å². The van der Waals surface area contributed by atoms with E-state index in [0.717, 1.165) is 0 Å². The van der Waals surface area contributed by atoms with Gasteiger partial charge in [-0.1, -0.05) is 6.92 Å². The average Bonchev–Trinajstić information content (AvgIpc) is 2.36. The number of hydrogen-bond donors (Lipinski definition) is 3. The fraction of sp³-hybridized carbons (Fsp3) is 0.364. The van der Waals surface area contributed by atoms with Gasteiger partial charge in [-0.25, -0.2) is 8.78 Å². The Labute approximate surface area is 102 Å². The van der Waals surface area contributed by atoms with Gasteiger partial charge >= 0.3 is 0 Å². The number of nitrogens with one attached hydrogen (secondary N) is 2. The minimum absolute atomic E-state index is 0.200. The van der Waals surface area contributed by atoms with Gasteiger partial charge in [0.2, 0.25) is 5.82 Å². The molecule has 0 aliphatic rings. The molecule has 0 heterocycles. The smallest absolute Gasteiger partial charge is 0.254 e. The highest BCUT2D eigenvalue weighted by molar-refractivity contribution is 5.94. The maximum atomic E-state index is 13.3. The number of likely N-dealkylation sites (N-methyl/N-ethyl adjacent to an activating group) is 1. The molecule has 4 nitrogen and oxygen atoms in total. The first kappa shape index (κ1) is 14.3. The first-order valence-electron chi connectivity index (χ1n) is 5.34. The van der Waals surface area contributed by atoms with Crippen LogP contribution in [-0.4, -0.2) is 30.6 Å². The van der Waals surface area contributed by atoms with Crippen molar-refractivity contribution in [3.8, 4) is 5.75 Å². The second-order valence-electron chi connectivity index (χ2n) is 3.49. The van der Waals surface area contributed by atoms with E-state index in [1.165, 1.54) is 0 Å². The van der Waals surface area contributed by atoms with Gasteiger partial charge in [0.15, 0.2) is 17.4 Å². The van der Waals surface area contributed by atoms with E-state index in [4.69, 9.17) is 5.11 Å². The highest BCUT2D eigenvalue weighted by atomic mass is 19.2. The zero-order valence-electron chi connectivity index (χ0n) is 9.69. The highest BCUT2D eigenvalue weighted by Crippen LogP contribution is 2.25. The van der Waals surface area contributed by atoms with Gasteiger partial charge in [0.05, 0.1) is 5.56 Å². The SMILES string of the molecule is CCNCCNC(=O)c1cc(F)c(F)c(O)c1F. The van der Waals surface area contributed by atoms with Crippen molar-refractivity contribution in [1.29, 1.82) is 0 Å². The number of benzene rings is 1. The number of carbonyl (C=O) groups excluding carboxylic acids is 1. The van der Waals surface area contributed by atoms with E-state index in [2.05, 4.69) is 10.6 Å². The summed E-state index contributed by atoms with van der Waals surface area (Å²) in [6, 6.07) is 0.410. The molecule has 0 fully saturated rings. The summed E-state index contributed by atoms with van der Waals surface area (Å²) in [6.45, 7) is 3.23. The van der Waals surface area contributed by atoms with Crippen LogP contribution in [0.1, 0.15) is 17.3 Å². The van der Waals surface area contributed by atoms with Crippen molar-refractivity contribution >= 4 is 5.91 Å². The summed E-state index contributed by atoms with van der Waals surface area (Å²) in [5.74, 6) is -7.08. The van der Waals surface area contributed by atoms with Crippen molar-refractivity contribution in [2.45, 2.75) is 6.92 Å². The van der Waals surface area contributed by atoms with Crippen LogP contribution in [0.5, 0.6) is 5.75 Å². The Morgan fingerprint density at radius 3 is 2.56 bits per heavy atom. The highest BCUT2D eigenvalue weighted by Gasteiger charge is 2.22. The van der Waals surface area contributed by atoms with Crippen LogP contribution in [0.25, 0.3) is 0 Å². The molecule has 0 atom stereocenters. The van der Waals surface area contributed by atoms with Crippen LogP contribution in [0.15, 0.2) is 6.07 Å². The van der Waals surface area contributed by atoms with Gasteiger partial charge in [-0.3, -0.25) is 4.79 Å². The van der Waals surface area contributed by atoms with E-state index in [1.54, 1.807) is 0 Å². The molecule has 18 heavy (non-hydrogen) atoms. The van der Waals surface area contributed by atoms with E-state index < -0.39 is 34.7 Å². The number of hydrogen-bond acceptors (Lipinski definition) is 3. The lowest BCUT2D eigenvalue weighted by Crippen LogP contribution is -2.32. The number of carbonyl (C=O) groups is 1. The van der Waals surface area contributed by atoms with E-state index in [1.807, 2.05) is 6.92 Å². The predicted octanol–water partition coefficient (Wildman–Crippen LogP) is 1.15. The topological polar surface area (TPSA) is 61.4 Å². The summed E-state index contributed by atoms with van der Waals surface area (Å²) < 4.78 is 39.0. The Balaban J connectivity index is 2.80. The van der Waals surface area contributed by atoms with Crippen LogP contribution in [-0.2, 0) is 0 Å². The van der Waals surface area contributed by atoms with Crippen LogP contribution >= 0.6 is 0 Å². The van der Waals surface area contributed by atoms with Crippen LogP contribution in [0, 0.1) is 17.5 Å². The molecule has 3 N–H and O–H groups in total. The molecule has 0 saturated heterocycles. The van der Waals surface area contributed by atoms with E-state index in [0.29, 0.717) is 19.2 Å². The number of rotatable bonds is 5. The molecule has 0 aliphatic heterocycles. The molecule has 0 spiro atoms. The van der Waals surface area contributed by atoms with Crippen molar-refractivity contribution in [2.24, 2.45) is 0 Å². The molecular weight excluding hydrogens is 249 g/mol. The number of amides is 1. The molecule has 1 aromatic carbocycles. The normalized spacial score (nSPS) is 10.4. The third kappa shape index (κ3) is 3.13. The fourth-order valence-corrected chi connectivity index (χ4v) is 1.29. The minimum atomic E-state index is -1.71. The number of phenolic OH excluding ortho intramolecular Hbond substituents is 1. The monoisotopic (exact) mass is 262 g/mol. The summed E-state index contributed by atoms with van der Waals surface area (Å²) in [4.78, 5) is 11.5. The molecule has 0 aromatic heterocycles. The number of phenols is 1. The minimum Gasteiger partial charge on any atom is -0.503 e. The Bertz CT molecular complexity index is 452. The standard InChI is InChI=1S/C11H13F3N2O2/c1-2-15-3-4-16-11(18)6-5-7(12)9(14)10(17)8(6)13/h5,15,17H,2-4H2,1H3,(H,16,18). The Hall–Kier alpha value is -1.76. The maximum absolute atomic E-state index is 13.3. The third-order valence-corrected chi connectivity index (χ3v) is 2.21. The van der Waals surface area contributed by atoms with Crippen LogP contribution in [0.3, 0.4) is 0 Å². The Morgan fingerprint density at radius 2 is 1.94 bits per heavy atom. The molecular formula is C11H13F3N2O2. The quantitative estimate of drug-likeness (QED) is 0.551. The lowest BCUT2D eigenvalue weighted by molar-refractivity contribution is 0.0948. The van der Waals surface area contributed by atoms with Crippen molar-refractivity contribution < 1.29 is 23.1 Å². The van der Waals surface area contributed by atoms with E-state index in [9.17, 15) is 18.0 Å². The summed E-state index contributed by atoms with van der Waals surface area (Å²) in [5, 5.41) is 14.2. The molecule has 100 valence electrons. The van der Waals surface area contributed by atoms with Gasteiger partial charge in [-0.15, -0.1) is 0 Å². The summed E-state index contributed by atoms with van der Waals surface area (Å²) in [7, 11) is 0. The summed E-state index contributed by atoms with van der Waals surface area (Å²) >= 11 is 0. The molecule has 1 amide bonds. The molecule has 1 rings (SSSR count). The van der Waals surface area contributed by atoms with E-state index in [-0.39, 0.29) is 6.54 Å². The molecule has 1 aromatic rings. The second-order valence-corrected chi connectivity index (χ2v) is 3.49. The summed E-state index contributed by atoms with van der Waals surface area (Å²) in [5.41, 5.74) is -0.733. The first-order chi connectivity index (χ1) is 8.49. The maximum Gasteiger partial charge on any atom is 0.254 e. The lowest BCUT2D eigenvalue weighted by atomic mass is 10.1. The van der Waals surface area contributed by atoms with Crippen molar-refractivity contribution in [2.75, 3.05) is 19.6 Å². The fourth-order valence-electron chi connectivity index (χ4n) is 1.29. The van der Waals surface area contributed by atoms with Crippen molar-refractivity contribution in [3.05, 3.63) is 29.1 Å². The van der Waals surface area contributed by atoms with Crippen LogP contribution in [0.2, 0.25) is 0 Å². The largest absolute Gasteiger partial charge is 0.503 e. The molecule has 0 radical (unpaired) electrons. The van der Waals surface area contributed by atoms with Crippen molar-refractivity contribution in [3.63, 3.8) is 0 Å². The zero-order valence-corrected chi connectivity index (χ0v) is 9.69. The van der Waals surface area contributed by atoms with Gasteiger partial charge < -0.3 is 15.7 Å². The lowest BCUT2D eigenvalue weighted by Gasteiger charge is -2.08. The molecule has 0 aliphatic carbocycles. The molecule has 0 bridgehead atoms. The molecule has 7 heteroatoms. The van der Waals surface area contributed by atoms with Crippen LogP contribution < -0.4 is 10.6 Å². The van der Waals surface area contributed by atoms with Gasteiger partial charge in [0, 0.05) is 13.1 Å².